The molecule has 168 valence electrons. The van der Waals surface area contributed by atoms with Gasteiger partial charge in [0, 0.05) is 19.2 Å². The smallest absolute Gasteiger partial charge is 0.407 e. The second-order valence-corrected chi connectivity index (χ2v) is 7.05. The Kier molecular flexibility index (Phi) is 7.43. The van der Waals surface area contributed by atoms with E-state index in [1.54, 1.807) is 17.0 Å². The van der Waals surface area contributed by atoms with Gasteiger partial charge >= 0.3 is 6.09 Å². The van der Waals surface area contributed by atoms with Crippen LogP contribution in [-0.2, 0) is 4.74 Å². The summed E-state index contributed by atoms with van der Waals surface area (Å²) in [5, 5.41) is 2.69. The number of methoxy groups -OCH3 is 1. The molecule has 1 amide bonds. The quantitative estimate of drug-likeness (QED) is 0.672. The molecule has 31 heavy (non-hydrogen) atoms. The Bertz CT molecular complexity index is 883. The number of anilines is 1. The molecule has 1 aromatic heterocycles. The topological polar surface area (TPSA) is 72.9 Å². The van der Waals surface area contributed by atoms with E-state index < -0.39 is 30.8 Å². The number of halogens is 3. The second-order valence-electron chi connectivity index (χ2n) is 7.05. The van der Waals surface area contributed by atoms with Gasteiger partial charge in [-0.1, -0.05) is 12.1 Å². The molecule has 1 aliphatic rings. The minimum atomic E-state index is -2.71. The SMILES string of the molecule is COC(=O)N[C@@H](C)c1ccc(OC2CCN(c3ccnc(OCC(F)F)c3F)C2)cc1. The van der Waals surface area contributed by atoms with Crippen LogP contribution in [0.4, 0.5) is 23.7 Å². The first-order chi connectivity index (χ1) is 14.9. The van der Waals surface area contributed by atoms with Crippen molar-refractivity contribution in [3.63, 3.8) is 0 Å². The van der Waals surface area contributed by atoms with Gasteiger partial charge in [-0.2, -0.15) is 4.39 Å². The third kappa shape index (κ3) is 5.93. The summed E-state index contributed by atoms with van der Waals surface area (Å²) >= 11 is 0. The molecule has 0 aliphatic carbocycles. The van der Waals surface area contributed by atoms with E-state index in [4.69, 9.17) is 9.47 Å². The first-order valence-electron chi connectivity index (χ1n) is 9.79. The maximum atomic E-state index is 14.6. The van der Waals surface area contributed by atoms with E-state index in [1.807, 2.05) is 19.1 Å². The van der Waals surface area contributed by atoms with Crippen LogP contribution in [0.1, 0.15) is 24.9 Å². The zero-order chi connectivity index (χ0) is 22.4. The molecule has 2 aromatic rings. The van der Waals surface area contributed by atoms with E-state index in [0.717, 1.165) is 5.56 Å². The summed E-state index contributed by atoms with van der Waals surface area (Å²) in [4.78, 5) is 16.8. The molecule has 0 bridgehead atoms. The van der Waals surface area contributed by atoms with Crippen molar-refractivity contribution in [3.05, 3.63) is 47.9 Å². The number of nitrogens with one attached hydrogen (secondary N) is 1. The number of rotatable bonds is 8. The summed E-state index contributed by atoms with van der Waals surface area (Å²) in [6.45, 7) is 1.89. The van der Waals surface area contributed by atoms with Crippen LogP contribution in [-0.4, -0.2) is 50.4 Å². The molecule has 1 fully saturated rings. The van der Waals surface area contributed by atoms with Crippen molar-refractivity contribution in [3.8, 4) is 11.6 Å². The maximum Gasteiger partial charge on any atom is 0.407 e. The number of benzene rings is 1. The van der Waals surface area contributed by atoms with Gasteiger partial charge in [-0.25, -0.2) is 18.6 Å². The highest BCUT2D eigenvalue weighted by atomic mass is 19.3. The first-order valence-corrected chi connectivity index (χ1v) is 9.79. The van der Waals surface area contributed by atoms with Gasteiger partial charge in [0.05, 0.1) is 25.4 Å². The van der Waals surface area contributed by atoms with Crippen LogP contribution in [0.25, 0.3) is 0 Å². The van der Waals surface area contributed by atoms with Crippen molar-refractivity contribution in [2.24, 2.45) is 0 Å². The molecular formula is C21H24F3N3O4. The number of carbonyl (C=O) groups excluding carboxylic acids is 1. The Morgan fingerprint density at radius 3 is 2.71 bits per heavy atom. The number of nitrogens with zero attached hydrogens (tertiary/aromatic N) is 2. The van der Waals surface area contributed by atoms with Crippen LogP contribution in [0.3, 0.4) is 0 Å². The predicted octanol–water partition coefficient (Wildman–Crippen LogP) is 3.94. The highest BCUT2D eigenvalue weighted by molar-refractivity contribution is 5.67. The van der Waals surface area contributed by atoms with Crippen LogP contribution in [0.15, 0.2) is 36.5 Å². The minimum absolute atomic E-state index is 0.172. The van der Waals surface area contributed by atoms with Crippen molar-refractivity contribution in [1.29, 1.82) is 0 Å². The molecule has 0 spiro atoms. The van der Waals surface area contributed by atoms with Crippen LogP contribution >= 0.6 is 0 Å². The largest absolute Gasteiger partial charge is 0.489 e. The monoisotopic (exact) mass is 439 g/mol. The summed E-state index contributed by atoms with van der Waals surface area (Å²) in [6.07, 6.45) is -1.40. The number of carbonyl (C=O) groups is 1. The average molecular weight is 439 g/mol. The molecule has 0 saturated carbocycles. The van der Waals surface area contributed by atoms with Crippen LogP contribution in [0, 0.1) is 5.82 Å². The fourth-order valence-electron chi connectivity index (χ4n) is 3.29. The third-order valence-corrected chi connectivity index (χ3v) is 4.87. The molecule has 1 saturated heterocycles. The van der Waals surface area contributed by atoms with Crippen LogP contribution in [0.2, 0.25) is 0 Å². The van der Waals surface area contributed by atoms with Gasteiger partial charge in [-0.3, -0.25) is 0 Å². The van der Waals surface area contributed by atoms with E-state index in [2.05, 4.69) is 15.0 Å². The molecular weight excluding hydrogens is 415 g/mol. The average Bonchev–Trinajstić information content (AvgIpc) is 3.21. The summed E-state index contributed by atoms with van der Waals surface area (Å²) in [5.74, 6) is -0.551. The van der Waals surface area contributed by atoms with Gasteiger partial charge in [0.25, 0.3) is 12.3 Å². The van der Waals surface area contributed by atoms with Crippen molar-refractivity contribution in [2.45, 2.75) is 31.9 Å². The number of aromatic nitrogens is 1. The Balaban J connectivity index is 1.58. The predicted molar refractivity (Wildman–Crippen MR) is 107 cm³/mol. The lowest BCUT2D eigenvalue weighted by Gasteiger charge is -2.20. The number of hydrogen-bond donors (Lipinski definition) is 1. The molecule has 2 atom stereocenters. The lowest BCUT2D eigenvalue weighted by atomic mass is 10.1. The summed E-state index contributed by atoms with van der Waals surface area (Å²) in [6, 6.07) is 8.56. The molecule has 1 N–H and O–H groups in total. The Morgan fingerprint density at radius 2 is 2.03 bits per heavy atom. The molecule has 10 heteroatoms. The fraction of sp³-hybridized carbons (Fsp3) is 0.429. The lowest BCUT2D eigenvalue weighted by molar-refractivity contribution is 0.0774. The highest BCUT2D eigenvalue weighted by Crippen LogP contribution is 2.30. The van der Waals surface area contributed by atoms with E-state index >= 15 is 0 Å². The van der Waals surface area contributed by atoms with Gasteiger partial charge < -0.3 is 24.4 Å². The number of pyridine rings is 1. The lowest BCUT2D eigenvalue weighted by Crippen LogP contribution is -2.26. The molecule has 1 aromatic carbocycles. The van der Waals surface area contributed by atoms with Gasteiger partial charge in [0.2, 0.25) is 5.82 Å². The Morgan fingerprint density at radius 1 is 1.29 bits per heavy atom. The number of amides is 1. The maximum absolute atomic E-state index is 14.6. The van der Waals surface area contributed by atoms with Crippen LogP contribution in [0.5, 0.6) is 11.6 Å². The second kappa shape index (κ2) is 10.2. The molecule has 3 rings (SSSR count). The molecule has 2 heterocycles. The van der Waals surface area contributed by atoms with Crippen molar-refractivity contribution in [2.75, 3.05) is 31.7 Å². The summed E-state index contributed by atoms with van der Waals surface area (Å²) < 4.78 is 54.6. The standard InChI is InChI=1S/C21H24F3N3O4/c1-13(26-21(28)29-2)14-3-5-15(6-4-14)31-16-8-10-27(11-16)17-7-9-25-20(19(17)24)30-12-18(22)23/h3-7,9,13,16,18H,8,10-12H2,1-2H3,(H,26,28)/t13-,16?/m0/s1. The van der Waals surface area contributed by atoms with Crippen molar-refractivity contribution in [1.82, 2.24) is 10.3 Å². The van der Waals surface area contributed by atoms with E-state index in [9.17, 15) is 18.0 Å². The Labute approximate surface area is 178 Å². The van der Waals surface area contributed by atoms with Gasteiger partial charge in [-0.15, -0.1) is 0 Å². The number of ether oxygens (including phenoxy) is 3. The van der Waals surface area contributed by atoms with Crippen molar-refractivity contribution < 1.29 is 32.2 Å². The highest BCUT2D eigenvalue weighted by Gasteiger charge is 2.27. The van der Waals surface area contributed by atoms with E-state index in [-0.39, 0.29) is 17.8 Å². The summed E-state index contributed by atoms with van der Waals surface area (Å²) in [7, 11) is 1.30. The first kappa shape index (κ1) is 22.5. The van der Waals surface area contributed by atoms with Crippen molar-refractivity contribution >= 4 is 11.8 Å². The molecule has 1 aliphatic heterocycles. The van der Waals surface area contributed by atoms with Crippen LogP contribution < -0.4 is 19.7 Å². The fourth-order valence-corrected chi connectivity index (χ4v) is 3.29. The summed E-state index contributed by atoms with van der Waals surface area (Å²) in [5.41, 5.74) is 1.13. The molecule has 0 radical (unpaired) electrons. The molecule has 7 nitrogen and oxygen atoms in total. The normalized spacial score (nSPS) is 16.8. The Hall–Kier alpha value is -3.17. The number of alkyl halides is 2. The number of alkyl carbamates (subject to hydrolysis) is 1. The van der Waals surface area contributed by atoms with E-state index in [0.29, 0.717) is 25.3 Å². The zero-order valence-electron chi connectivity index (χ0n) is 17.2. The third-order valence-electron chi connectivity index (χ3n) is 4.87. The van der Waals surface area contributed by atoms with Gasteiger partial charge in [-0.05, 0) is 30.7 Å². The van der Waals surface area contributed by atoms with Gasteiger partial charge in [0.1, 0.15) is 11.9 Å². The number of hydrogen-bond acceptors (Lipinski definition) is 6. The molecule has 1 unspecified atom stereocenters. The zero-order valence-corrected chi connectivity index (χ0v) is 17.2. The van der Waals surface area contributed by atoms with Gasteiger partial charge in [0.15, 0.2) is 6.61 Å². The van der Waals surface area contributed by atoms with E-state index in [1.165, 1.54) is 19.4 Å². The minimum Gasteiger partial charge on any atom is -0.489 e.